The Morgan fingerprint density at radius 3 is 2.67 bits per heavy atom. The topological polar surface area (TPSA) is 80.4 Å². The molecule has 0 spiro atoms. The van der Waals surface area contributed by atoms with E-state index in [0.717, 1.165) is 6.42 Å². The molecule has 4 atom stereocenters. The van der Waals surface area contributed by atoms with Crippen molar-refractivity contribution in [2.24, 2.45) is 23.5 Å². The smallest absolute Gasteiger partial charge is 0.221 e. The number of hydrogen-bond donors (Lipinski definition) is 2. The van der Waals surface area contributed by atoms with Crippen molar-refractivity contribution in [2.75, 3.05) is 0 Å². The van der Waals surface area contributed by atoms with Gasteiger partial charge in [-0.2, -0.15) is 0 Å². The zero-order valence-corrected chi connectivity index (χ0v) is 15.8. The monoisotopic (exact) mass is 367 g/mol. The third kappa shape index (κ3) is 6.33. The molecule has 1 unspecified atom stereocenters. The summed E-state index contributed by atoms with van der Waals surface area (Å²) in [5, 5.41) is 10.2. The summed E-state index contributed by atoms with van der Waals surface area (Å²) < 4.78 is 0. The maximum atomic E-state index is 12.3. The number of carbonyl (C=O) groups excluding carboxylic acids is 2. The van der Waals surface area contributed by atoms with E-state index >= 15 is 0 Å². The lowest BCUT2D eigenvalue weighted by molar-refractivity contribution is -0.129. The van der Waals surface area contributed by atoms with Crippen LogP contribution in [0.2, 0.25) is 0 Å². The summed E-state index contributed by atoms with van der Waals surface area (Å²) in [7, 11) is 0. The van der Waals surface area contributed by atoms with Gasteiger partial charge in [-0.15, -0.1) is 0 Å². The maximum Gasteiger partial charge on any atom is 0.221 e. The van der Waals surface area contributed by atoms with Gasteiger partial charge in [-0.25, -0.2) is 0 Å². The van der Waals surface area contributed by atoms with E-state index in [-0.39, 0.29) is 11.7 Å². The summed E-state index contributed by atoms with van der Waals surface area (Å²) in [6.45, 7) is 1.92. The number of carbonyl (C=O) groups is 2. The number of benzene rings is 1. The van der Waals surface area contributed by atoms with Crippen molar-refractivity contribution in [3.63, 3.8) is 0 Å². The molecule has 0 aromatic heterocycles. The lowest BCUT2D eigenvalue weighted by Crippen LogP contribution is -2.35. The fourth-order valence-electron chi connectivity index (χ4n) is 3.53. The third-order valence-electron chi connectivity index (χ3n) is 5.03. The Hall–Kier alpha value is -2.46. The van der Waals surface area contributed by atoms with Crippen LogP contribution in [0.5, 0.6) is 0 Å². The minimum Gasteiger partial charge on any atom is -0.389 e. The Kier molecular flexibility index (Phi) is 8.21. The Morgan fingerprint density at radius 2 is 2.00 bits per heavy atom. The molecule has 1 aliphatic carbocycles. The van der Waals surface area contributed by atoms with E-state index in [9.17, 15) is 14.7 Å². The Morgan fingerprint density at radius 1 is 1.26 bits per heavy atom. The largest absolute Gasteiger partial charge is 0.389 e. The second-order valence-electron chi connectivity index (χ2n) is 7.00. The number of aliphatic hydroxyl groups excluding tert-OH is 1. The van der Waals surface area contributed by atoms with Crippen molar-refractivity contribution >= 4 is 11.7 Å². The van der Waals surface area contributed by atoms with Gasteiger partial charge >= 0.3 is 0 Å². The van der Waals surface area contributed by atoms with Crippen LogP contribution in [0.25, 0.3) is 0 Å². The number of allylic oxidation sites excluding steroid dienone is 5. The first-order valence-electron chi connectivity index (χ1n) is 9.55. The highest BCUT2D eigenvalue weighted by Gasteiger charge is 2.37. The number of aliphatic hydroxyl groups is 1. The minimum absolute atomic E-state index is 0.0623. The molecule has 0 bridgehead atoms. The van der Waals surface area contributed by atoms with Crippen molar-refractivity contribution in [1.82, 2.24) is 0 Å². The van der Waals surface area contributed by atoms with Crippen LogP contribution in [0, 0.1) is 17.8 Å². The van der Waals surface area contributed by atoms with E-state index in [2.05, 4.69) is 0 Å². The molecule has 27 heavy (non-hydrogen) atoms. The number of ketones is 1. The molecule has 0 radical (unpaired) electrons. The van der Waals surface area contributed by atoms with Crippen molar-refractivity contribution in [3.05, 3.63) is 72.4 Å². The van der Waals surface area contributed by atoms with Gasteiger partial charge in [0.05, 0.1) is 6.10 Å². The van der Waals surface area contributed by atoms with E-state index in [1.807, 2.05) is 55.5 Å². The molecule has 3 N–H and O–H groups in total. The average molecular weight is 367 g/mol. The third-order valence-corrected chi connectivity index (χ3v) is 5.03. The minimum atomic E-state index is -0.593. The van der Waals surface area contributed by atoms with Gasteiger partial charge in [0.15, 0.2) is 5.78 Å². The van der Waals surface area contributed by atoms with Crippen molar-refractivity contribution < 1.29 is 14.7 Å². The highest BCUT2D eigenvalue weighted by molar-refractivity contribution is 5.98. The predicted octanol–water partition coefficient (Wildman–Crippen LogP) is 3.37. The molecule has 4 heteroatoms. The normalized spacial score (nSPS) is 21.9. The second-order valence-corrected chi connectivity index (χ2v) is 7.00. The molecule has 1 aromatic rings. The molecule has 1 aromatic carbocycles. The number of rotatable bonds is 10. The first-order valence-corrected chi connectivity index (χ1v) is 9.55. The molecule has 0 saturated heterocycles. The van der Waals surface area contributed by atoms with Crippen LogP contribution in [0.15, 0.2) is 66.8 Å². The van der Waals surface area contributed by atoms with Gasteiger partial charge in [0, 0.05) is 17.8 Å². The van der Waals surface area contributed by atoms with Crippen LogP contribution in [-0.2, 0) is 16.0 Å². The number of aryl methyl sites for hydroxylation is 1. The first kappa shape index (κ1) is 20.8. The number of primary amides is 1. The molecule has 0 aliphatic heterocycles. The van der Waals surface area contributed by atoms with Crippen LogP contribution < -0.4 is 5.73 Å². The van der Waals surface area contributed by atoms with Crippen molar-refractivity contribution in [1.29, 1.82) is 0 Å². The number of amides is 1. The standard InChI is InChI=1S/C23H29NO3/c1-2-3-5-10-20(23(24)27)22-18(13-16-21(22)26)12-15-19(25)14-11-17-8-6-4-7-9-17/h2-4,6-9,12-13,15-16,18-20,22,25H,5,10-11,14H2,1H3,(H2,24,27)/t18-,19-,20?,22+/m0/s1. The van der Waals surface area contributed by atoms with Gasteiger partial charge < -0.3 is 10.8 Å². The van der Waals surface area contributed by atoms with Crippen LogP contribution >= 0.6 is 0 Å². The lowest BCUT2D eigenvalue weighted by Gasteiger charge is -2.23. The van der Waals surface area contributed by atoms with E-state index in [1.165, 1.54) is 11.6 Å². The number of hydrogen-bond acceptors (Lipinski definition) is 3. The maximum absolute atomic E-state index is 12.3. The van der Waals surface area contributed by atoms with E-state index in [4.69, 9.17) is 5.73 Å². The van der Waals surface area contributed by atoms with E-state index < -0.39 is 23.8 Å². The van der Waals surface area contributed by atoms with Crippen LogP contribution in [0.1, 0.15) is 31.7 Å². The van der Waals surface area contributed by atoms with Crippen LogP contribution in [0.3, 0.4) is 0 Å². The molecule has 4 nitrogen and oxygen atoms in total. The highest BCUT2D eigenvalue weighted by Crippen LogP contribution is 2.33. The lowest BCUT2D eigenvalue weighted by atomic mass is 9.79. The molecule has 2 rings (SSSR count). The summed E-state index contributed by atoms with van der Waals surface area (Å²) in [5.41, 5.74) is 6.75. The summed E-state index contributed by atoms with van der Waals surface area (Å²) >= 11 is 0. The summed E-state index contributed by atoms with van der Waals surface area (Å²) in [5.74, 6) is -1.67. The van der Waals surface area contributed by atoms with E-state index in [1.54, 1.807) is 12.2 Å². The summed E-state index contributed by atoms with van der Waals surface area (Å²) in [6, 6.07) is 10.00. The molecule has 1 amide bonds. The Bertz CT molecular complexity index is 706. The SMILES string of the molecule is CC=CCCC(C(N)=O)[C@@H]1C(=O)C=C[C@@H]1C=C[C@@H](O)CCc1ccccc1. The van der Waals surface area contributed by atoms with Gasteiger partial charge in [0.2, 0.25) is 5.91 Å². The fourth-order valence-corrected chi connectivity index (χ4v) is 3.53. The Balaban J connectivity index is 1.97. The second kappa shape index (κ2) is 10.6. The van der Waals surface area contributed by atoms with Gasteiger partial charge in [-0.05, 0) is 44.2 Å². The molecule has 0 fully saturated rings. The van der Waals surface area contributed by atoms with Gasteiger partial charge in [0.25, 0.3) is 0 Å². The average Bonchev–Trinajstić information content (AvgIpc) is 3.03. The molecule has 0 saturated carbocycles. The predicted molar refractivity (Wildman–Crippen MR) is 108 cm³/mol. The number of nitrogens with two attached hydrogens (primary N) is 1. The van der Waals surface area contributed by atoms with Gasteiger partial charge in [-0.3, -0.25) is 9.59 Å². The molecule has 0 heterocycles. The molecular weight excluding hydrogens is 338 g/mol. The first-order chi connectivity index (χ1) is 13.0. The van der Waals surface area contributed by atoms with E-state index in [0.29, 0.717) is 19.3 Å². The van der Waals surface area contributed by atoms with Gasteiger partial charge in [0.1, 0.15) is 0 Å². The zero-order valence-electron chi connectivity index (χ0n) is 15.8. The molecule has 144 valence electrons. The quantitative estimate of drug-likeness (QED) is 0.622. The molecular formula is C23H29NO3. The van der Waals surface area contributed by atoms with Crippen molar-refractivity contribution in [2.45, 2.75) is 38.7 Å². The fraction of sp³-hybridized carbons (Fsp3) is 0.391. The highest BCUT2D eigenvalue weighted by atomic mass is 16.3. The molecule has 1 aliphatic rings. The zero-order chi connectivity index (χ0) is 19.6. The summed E-state index contributed by atoms with van der Waals surface area (Å²) in [4.78, 5) is 24.2. The van der Waals surface area contributed by atoms with Crippen LogP contribution in [-0.4, -0.2) is 22.9 Å². The summed E-state index contributed by atoms with van der Waals surface area (Å²) in [6.07, 6.45) is 12.9. The van der Waals surface area contributed by atoms with Crippen LogP contribution in [0.4, 0.5) is 0 Å². The Labute approximate surface area is 161 Å². The van der Waals surface area contributed by atoms with Gasteiger partial charge in [-0.1, -0.05) is 60.7 Å². The van der Waals surface area contributed by atoms with Crippen molar-refractivity contribution in [3.8, 4) is 0 Å².